The molecule has 1 aromatic carbocycles. The molecule has 4 rings (SSSR count). The number of amides is 4. The Hall–Kier alpha value is -5.59. The largest absolute Gasteiger partial charge is 0.473 e. The van der Waals surface area contributed by atoms with Crippen LogP contribution in [-0.4, -0.2) is 88.2 Å². The number of allylic oxidation sites excluding steroid dienone is 3. The maximum Gasteiger partial charge on any atom is 0.408 e. The lowest BCUT2D eigenvalue weighted by Gasteiger charge is -2.29. The van der Waals surface area contributed by atoms with Crippen molar-refractivity contribution in [3.8, 4) is 5.88 Å². The van der Waals surface area contributed by atoms with Crippen molar-refractivity contribution >= 4 is 35.4 Å². The number of Topliss-reactive ketones (excluding diaryl/α,β-unsaturated/α-hetero) is 2. The maximum atomic E-state index is 14.5. The first-order valence-electron chi connectivity index (χ1n) is 20.9. The molecular formula is C47H63N5O8. The van der Waals surface area contributed by atoms with Gasteiger partial charge in [0.15, 0.2) is 11.6 Å². The molecule has 1 saturated heterocycles. The van der Waals surface area contributed by atoms with E-state index in [1.165, 1.54) is 6.20 Å². The first-order chi connectivity index (χ1) is 28.2. The van der Waals surface area contributed by atoms with Gasteiger partial charge >= 0.3 is 6.09 Å². The highest BCUT2D eigenvalue weighted by molar-refractivity contribution is 6.24. The molecule has 3 N–H and O–H groups in total. The number of carbonyl (C=O) groups is 6. The van der Waals surface area contributed by atoms with Crippen molar-refractivity contribution in [2.45, 2.75) is 131 Å². The number of hydrogen-bond donors (Lipinski definition) is 3. The Labute approximate surface area is 354 Å². The third-order valence-electron chi connectivity index (χ3n) is 10.4. The van der Waals surface area contributed by atoms with Gasteiger partial charge in [0.25, 0.3) is 0 Å². The summed E-state index contributed by atoms with van der Waals surface area (Å²) in [7, 11) is 0. The molecule has 1 aliphatic heterocycles. The van der Waals surface area contributed by atoms with Gasteiger partial charge in [-0.2, -0.15) is 0 Å². The number of likely N-dealkylation sites (tertiary alicyclic amines) is 1. The highest BCUT2D eigenvalue weighted by Gasteiger charge is 2.38. The molecule has 1 unspecified atom stereocenters. The minimum absolute atomic E-state index is 0.111. The lowest BCUT2D eigenvalue weighted by atomic mass is 9.86. The lowest BCUT2D eigenvalue weighted by Crippen LogP contribution is -2.55. The summed E-state index contributed by atoms with van der Waals surface area (Å²) in [4.78, 5) is 86.3. The van der Waals surface area contributed by atoms with Crippen LogP contribution in [0.15, 0.2) is 83.1 Å². The molecule has 13 nitrogen and oxygen atoms in total. The van der Waals surface area contributed by atoms with E-state index in [0.717, 1.165) is 5.56 Å². The van der Waals surface area contributed by atoms with Crippen LogP contribution in [0.5, 0.6) is 5.88 Å². The molecule has 0 bridgehead atoms. The van der Waals surface area contributed by atoms with E-state index in [4.69, 9.17) is 9.47 Å². The number of rotatable bonds is 17. The Morgan fingerprint density at radius 2 is 1.53 bits per heavy atom. The molecule has 2 aromatic rings. The number of nitrogens with one attached hydrogen (secondary N) is 3. The fraction of sp³-hybridized carbons (Fsp3) is 0.511. The summed E-state index contributed by atoms with van der Waals surface area (Å²) in [5.74, 6) is -1.61. The third-order valence-corrected chi connectivity index (χ3v) is 10.4. The highest BCUT2D eigenvalue weighted by Crippen LogP contribution is 2.26. The van der Waals surface area contributed by atoms with Gasteiger partial charge in [-0.3, -0.25) is 24.0 Å². The molecule has 0 radical (unpaired) electrons. The standard InChI is InChI=1S/C47H63N5O8/c1-28(2)23-36(50-46(58)60-47(8,9)10)20-19-35(24-33-15-12-11-13-16-33)45(57)52-22-14-17-39(52)44(56)51-38(43(55)49-29(3)4)25-34-18-21-40(48-26-34)59-27-37-32(7)41(53)30(5)31(6)42(37)54/h11-13,15-16,18-21,26,28-29,35-36,38-39H,14,17,22-25,27H2,1-10H3,(H,49,55)(H,50,58)(H,51,56)/b20-19+/t35?,36-,38+,39+/m1/s1. The summed E-state index contributed by atoms with van der Waals surface area (Å²) in [6.07, 6.45) is 6.84. The van der Waals surface area contributed by atoms with Gasteiger partial charge in [-0.05, 0) is 98.1 Å². The summed E-state index contributed by atoms with van der Waals surface area (Å²) < 4.78 is 11.3. The van der Waals surface area contributed by atoms with Crippen molar-refractivity contribution in [2.75, 3.05) is 13.2 Å². The number of ether oxygens (including phenoxy) is 2. The Bertz CT molecular complexity index is 1980. The van der Waals surface area contributed by atoms with Gasteiger partial charge in [0.05, 0.1) is 12.0 Å². The van der Waals surface area contributed by atoms with Crippen LogP contribution < -0.4 is 20.7 Å². The van der Waals surface area contributed by atoms with E-state index in [9.17, 15) is 28.8 Å². The van der Waals surface area contributed by atoms with E-state index >= 15 is 0 Å². The first kappa shape index (κ1) is 47.1. The molecule has 0 saturated carbocycles. The Morgan fingerprint density at radius 1 is 0.850 bits per heavy atom. The van der Waals surface area contributed by atoms with Gasteiger partial charge in [-0.15, -0.1) is 0 Å². The van der Waals surface area contributed by atoms with Gasteiger partial charge in [0.2, 0.25) is 23.6 Å². The van der Waals surface area contributed by atoms with E-state index in [-0.39, 0.29) is 59.8 Å². The van der Waals surface area contributed by atoms with Crippen LogP contribution in [0.1, 0.15) is 99.6 Å². The van der Waals surface area contributed by atoms with Crippen molar-refractivity contribution in [3.63, 3.8) is 0 Å². The molecule has 1 aliphatic carbocycles. The number of ketones is 2. The van der Waals surface area contributed by atoms with Crippen molar-refractivity contribution in [2.24, 2.45) is 11.8 Å². The van der Waals surface area contributed by atoms with Crippen LogP contribution in [0.4, 0.5) is 4.79 Å². The van der Waals surface area contributed by atoms with Gasteiger partial charge in [0.1, 0.15) is 24.3 Å². The molecule has 1 fully saturated rings. The molecule has 2 aliphatic rings. The number of aromatic nitrogens is 1. The fourth-order valence-corrected chi connectivity index (χ4v) is 7.23. The van der Waals surface area contributed by atoms with Crippen molar-refractivity contribution in [1.82, 2.24) is 25.8 Å². The zero-order valence-electron chi connectivity index (χ0n) is 36.8. The summed E-state index contributed by atoms with van der Waals surface area (Å²) >= 11 is 0. The highest BCUT2D eigenvalue weighted by atomic mass is 16.6. The van der Waals surface area contributed by atoms with Gasteiger partial charge in [0, 0.05) is 53.6 Å². The number of nitrogens with zero attached hydrogens (tertiary/aromatic N) is 2. The van der Waals surface area contributed by atoms with E-state index in [2.05, 4.69) is 34.8 Å². The Balaban J connectivity index is 1.51. The summed E-state index contributed by atoms with van der Waals surface area (Å²) in [5, 5.41) is 8.78. The normalized spacial score (nSPS) is 17.6. The SMILES string of the molecule is CC1=C(C)C(=O)C(COc2ccc(C[C@H](NC(=O)[C@@H]3CCCN3C(=O)C(/C=C/[C@H](CC(C)C)NC(=O)OC(C)(C)C)Cc3ccccc3)C(=O)NC(C)C)cn2)=C(C)C1=O. The molecule has 324 valence electrons. The topological polar surface area (TPSA) is 173 Å². The minimum Gasteiger partial charge on any atom is -0.473 e. The zero-order valence-corrected chi connectivity index (χ0v) is 36.8. The van der Waals surface area contributed by atoms with E-state index in [0.29, 0.717) is 54.5 Å². The quantitative estimate of drug-likeness (QED) is 0.125. The van der Waals surface area contributed by atoms with Gasteiger partial charge in [-0.25, -0.2) is 9.78 Å². The van der Waals surface area contributed by atoms with Crippen LogP contribution in [-0.2, 0) is 41.6 Å². The second-order valence-electron chi connectivity index (χ2n) is 17.5. The molecular weight excluding hydrogens is 763 g/mol. The average Bonchev–Trinajstić information content (AvgIpc) is 3.67. The number of alkyl carbamates (subject to hydrolysis) is 1. The van der Waals surface area contributed by atoms with Crippen molar-refractivity contribution < 1.29 is 38.2 Å². The van der Waals surface area contributed by atoms with E-state index in [1.807, 2.05) is 56.3 Å². The summed E-state index contributed by atoms with van der Waals surface area (Å²) in [6.45, 7) is 18.3. The maximum absolute atomic E-state index is 14.5. The monoisotopic (exact) mass is 825 g/mol. The molecule has 2 heterocycles. The molecule has 1 aromatic heterocycles. The predicted molar refractivity (Wildman–Crippen MR) is 230 cm³/mol. The molecule has 4 atom stereocenters. The van der Waals surface area contributed by atoms with Gasteiger partial charge < -0.3 is 30.3 Å². The first-order valence-corrected chi connectivity index (χ1v) is 20.9. The summed E-state index contributed by atoms with van der Waals surface area (Å²) in [5.41, 5.74) is 2.38. The predicted octanol–water partition coefficient (Wildman–Crippen LogP) is 6.16. The second-order valence-corrected chi connectivity index (χ2v) is 17.5. The minimum atomic E-state index is -0.974. The molecule has 60 heavy (non-hydrogen) atoms. The Kier molecular flexibility index (Phi) is 16.6. The number of hydrogen-bond acceptors (Lipinski definition) is 9. The van der Waals surface area contributed by atoms with Crippen LogP contribution >= 0.6 is 0 Å². The smallest absolute Gasteiger partial charge is 0.408 e. The van der Waals surface area contributed by atoms with Crippen LogP contribution in [0, 0.1) is 11.8 Å². The van der Waals surface area contributed by atoms with Crippen LogP contribution in [0.2, 0.25) is 0 Å². The van der Waals surface area contributed by atoms with E-state index in [1.54, 1.807) is 58.6 Å². The fourth-order valence-electron chi connectivity index (χ4n) is 7.23. The zero-order chi connectivity index (χ0) is 44.3. The molecule has 13 heteroatoms. The third kappa shape index (κ3) is 13.5. The number of benzene rings is 1. The molecule has 0 spiro atoms. The second kappa shape index (κ2) is 21.1. The van der Waals surface area contributed by atoms with Crippen molar-refractivity contribution in [1.29, 1.82) is 0 Å². The summed E-state index contributed by atoms with van der Waals surface area (Å²) in [6, 6.07) is 10.6. The van der Waals surface area contributed by atoms with Crippen molar-refractivity contribution in [3.05, 3.63) is 94.2 Å². The number of pyridine rings is 1. The molecule has 4 amide bonds. The average molecular weight is 826 g/mol. The Morgan fingerprint density at radius 3 is 2.15 bits per heavy atom. The lowest BCUT2D eigenvalue weighted by molar-refractivity contribution is -0.141. The van der Waals surface area contributed by atoms with E-state index < -0.39 is 41.6 Å². The van der Waals surface area contributed by atoms with Crippen LogP contribution in [0.3, 0.4) is 0 Å². The van der Waals surface area contributed by atoms with Crippen LogP contribution in [0.25, 0.3) is 0 Å². The number of carbonyl (C=O) groups excluding carboxylic acids is 6. The van der Waals surface area contributed by atoms with Gasteiger partial charge in [-0.1, -0.05) is 62.4 Å².